The van der Waals surface area contributed by atoms with Gasteiger partial charge >= 0.3 is 12.2 Å². The standard InChI is InChI=1S/C22H28F4N4O4S/c1-3-33-20-27-19(34-28-20)15-10-14(17-5-4-16(11-18(17)23)22(24,25)26)12-30(13-15)21(31)29-6-8-35(2,32)9-7-29/h4-5,11,14-15,21,31H,2-3,6-10,12-13H2,1H3. The zero-order chi connectivity index (χ0) is 25.4. The Balaban J connectivity index is 1.61. The minimum atomic E-state index is -4.66. The number of aliphatic hydroxyl groups excluding tert-OH is 1. The van der Waals surface area contributed by atoms with Gasteiger partial charge in [0, 0.05) is 43.6 Å². The van der Waals surface area contributed by atoms with Gasteiger partial charge in [0.1, 0.15) is 5.82 Å². The lowest BCUT2D eigenvalue weighted by atomic mass is 9.83. The van der Waals surface area contributed by atoms with Crippen molar-refractivity contribution in [1.82, 2.24) is 19.9 Å². The van der Waals surface area contributed by atoms with Crippen LogP contribution in [0, 0.1) is 5.82 Å². The summed E-state index contributed by atoms with van der Waals surface area (Å²) < 4.78 is 76.8. The first kappa shape index (κ1) is 25.9. The molecule has 0 bridgehead atoms. The van der Waals surface area contributed by atoms with E-state index < -0.39 is 45.3 Å². The van der Waals surface area contributed by atoms with Crippen LogP contribution in [0.15, 0.2) is 22.7 Å². The molecule has 0 aliphatic carbocycles. The number of benzene rings is 1. The Kier molecular flexibility index (Phi) is 7.41. The van der Waals surface area contributed by atoms with Crippen LogP contribution in [0.2, 0.25) is 0 Å². The smallest absolute Gasteiger partial charge is 0.416 e. The molecular formula is C22H28F4N4O4S. The van der Waals surface area contributed by atoms with Crippen LogP contribution in [0.1, 0.15) is 42.2 Å². The highest BCUT2D eigenvalue weighted by atomic mass is 32.2. The van der Waals surface area contributed by atoms with Gasteiger partial charge in [-0.05, 0) is 51.6 Å². The van der Waals surface area contributed by atoms with Crippen molar-refractivity contribution in [2.45, 2.75) is 37.7 Å². The van der Waals surface area contributed by atoms with Crippen LogP contribution >= 0.6 is 0 Å². The maximum Gasteiger partial charge on any atom is 0.416 e. The number of piperidine rings is 1. The Hall–Kier alpha value is -2.22. The van der Waals surface area contributed by atoms with Crippen molar-refractivity contribution in [2.24, 2.45) is 0 Å². The second kappa shape index (κ2) is 10.0. The third kappa shape index (κ3) is 5.96. The normalized spacial score (nSPS) is 24.9. The number of nitrogens with zero attached hydrogens (tertiary/aromatic N) is 4. The zero-order valence-electron chi connectivity index (χ0n) is 19.2. The molecule has 1 aromatic heterocycles. The lowest BCUT2D eigenvalue weighted by Crippen LogP contribution is -2.56. The molecule has 2 aliphatic rings. The number of hydrogen-bond donors (Lipinski definition) is 1. The number of rotatable bonds is 6. The fraction of sp³-hybridized carbons (Fsp3) is 0.591. The molecule has 0 spiro atoms. The SMILES string of the molecule is C=S1(=O)CCN(C(O)N2CC(c3nc(OCC)no3)CC(c3ccc(C(F)(F)F)cc3F)C2)CC1. The summed E-state index contributed by atoms with van der Waals surface area (Å²) in [6, 6.07) is 2.56. The number of likely N-dealkylation sites (tertiary alicyclic amines) is 1. The van der Waals surface area contributed by atoms with Crippen LogP contribution < -0.4 is 4.74 Å². The van der Waals surface area contributed by atoms with Crippen molar-refractivity contribution in [3.63, 3.8) is 0 Å². The highest BCUT2D eigenvalue weighted by Gasteiger charge is 2.39. The summed E-state index contributed by atoms with van der Waals surface area (Å²) in [7, 11) is -2.17. The molecule has 0 radical (unpaired) electrons. The minimum Gasteiger partial charge on any atom is -0.462 e. The fourth-order valence-electron chi connectivity index (χ4n) is 4.58. The summed E-state index contributed by atoms with van der Waals surface area (Å²) in [5.41, 5.74) is -0.949. The average Bonchev–Trinajstić information content (AvgIpc) is 3.27. The molecule has 3 atom stereocenters. The second-order valence-electron chi connectivity index (χ2n) is 8.92. The van der Waals surface area contributed by atoms with E-state index in [1.807, 2.05) is 0 Å². The number of halogens is 4. The van der Waals surface area contributed by atoms with Crippen LogP contribution in [0.4, 0.5) is 17.6 Å². The van der Waals surface area contributed by atoms with E-state index in [0.29, 0.717) is 50.2 Å². The van der Waals surface area contributed by atoms with Gasteiger partial charge in [0.15, 0.2) is 6.35 Å². The molecule has 3 unspecified atom stereocenters. The minimum absolute atomic E-state index is 0.0543. The molecule has 13 heteroatoms. The summed E-state index contributed by atoms with van der Waals surface area (Å²) in [5.74, 6) is 2.74. The summed E-state index contributed by atoms with van der Waals surface area (Å²) in [5, 5.41) is 14.9. The monoisotopic (exact) mass is 520 g/mol. The Morgan fingerprint density at radius 1 is 1.26 bits per heavy atom. The molecule has 2 saturated heterocycles. The van der Waals surface area contributed by atoms with Gasteiger partial charge in [-0.15, -0.1) is 0 Å². The van der Waals surface area contributed by atoms with E-state index in [1.165, 1.54) is 0 Å². The van der Waals surface area contributed by atoms with Crippen molar-refractivity contribution >= 4 is 15.4 Å². The van der Waals surface area contributed by atoms with E-state index in [2.05, 4.69) is 16.0 Å². The molecular weight excluding hydrogens is 492 g/mol. The molecule has 1 N–H and O–H groups in total. The Morgan fingerprint density at radius 3 is 2.57 bits per heavy atom. The van der Waals surface area contributed by atoms with Gasteiger partial charge in [0.25, 0.3) is 0 Å². The highest BCUT2D eigenvalue weighted by molar-refractivity contribution is 8.00. The van der Waals surface area contributed by atoms with Crippen LogP contribution in [0.25, 0.3) is 0 Å². The summed E-state index contributed by atoms with van der Waals surface area (Å²) >= 11 is 0. The molecule has 0 amide bonds. The van der Waals surface area contributed by atoms with Crippen molar-refractivity contribution in [3.8, 4) is 6.01 Å². The Labute approximate surface area is 200 Å². The van der Waals surface area contributed by atoms with Gasteiger partial charge < -0.3 is 14.4 Å². The molecule has 35 heavy (non-hydrogen) atoms. The molecule has 194 valence electrons. The van der Waals surface area contributed by atoms with Crippen LogP contribution in [0.5, 0.6) is 6.01 Å². The first-order valence-corrected chi connectivity index (χ1v) is 13.3. The van der Waals surface area contributed by atoms with E-state index in [0.717, 1.165) is 12.1 Å². The summed E-state index contributed by atoms with van der Waals surface area (Å²) in [6.07, 6.45) is -5.40. The zero-order valence-corrected chi connectivity index (χ0v) is 20.0. The lowest BCUT2D eigenvalue weighted by Gasteiger charge is -2.44. The fourth-order valence-corrected chi connectivity index (χ4v) is 5.92. The van der Waals surface area contributed by atoms with E-state index >= 15 is 0 Å². The van der Waals surface area contributed by atoms with Crippen molar-refractivity contribution in [1.29, 1.82) is 0 Å². The maximum absolute atomic E-state index is 14.9. The molecule has 2 aromatic rings. The largest absolute Gasteiger partial charge is 0.462 e. The number of alkyl halides is 3. The molecule has 2 fully saturated rings. The van der Waals surface area contributed by atoms with E-state index in [-0.39, 0.29) is 24.0 Å². The summed E-state index contributed by atoms with van der Waals surface area (Å²) in [6.45, 7) is 3.34. The van der Waals surface area contributed by atoms with Crippen LogP contribution in [0.3, 0.4) is 0 Å². The highest BCUT2D eigenvalue weighted by Crippen LogP contribution is 2.39. The number of aliphatic hydroxyl groups is 1. The quantitative estimate of drug-likeness (QED) is 0.459. The summed E-state index contributed by atoms with van der Waals surface area (Å²) in [4.78, 5) is 7.70. The van der Waals surface area contributed by atoms with Crippen molar-refractivity contribution in [3.05, 3.63) is 41.0 Å². The van der Waals surface area contributed by atoms with Gasteiger partial charge in [-0.1, -0.05) is 6.07 Å². The van der Waals surface area contributed by atoms with Gasteiger partial charge in [0.05, 0.1) is 18.1 Å². The Bertz CT molecular complexity index is 1130. The van der Waals surface area contributed by atoms with Crippen molar-refractivity contribution < 1.29 is 36.1 Å². The number of aromatic nitrogens is 2. The van der Waals surface area contributed by atoms with E-state index in [9.17, 15) is 26.9 Å². The molecule has 8 nitrogen and oxygen atoms in total. The molecule has 4 rings (SSSR count). The van der Waals surface area contributed by atoms with Crippen LogP contribution in [-0.2, 0) is 15.7 Å². The van der Waals surface area contributed by atoms with Gasteiger partial charge in [-0.3, -0.25) is 14.0 Å². The lowest BCUT2D eigenvalue weighted by molar-refractivity contribution is -0.137. The van der Waals surface area contributed by atoms with Crippen LogP contribution in [-0.4, -0.2) is 85.8 Å². The predicted octanol–water partition coefficient (Wildman–Crippen LogP) is 2.51. The first-order valence-electron chi connectivity index (χ1n) is 11.3. The van der Waals surface area contributed by atoms with Gasteiger partial charge in [-0.2, -0.15) is 18.2 Å². The first-order chi connectivity index (χ1) is 16.5. The van der Waals surface area contributed by atoms with E-state index in [4.69, 9.17) is 9.26 Å². The maximum atomic E-state index is 14.9. The van der Waals surface area contributed by atoms with Gasteiger partial charge in [0.2, 0.25) is 5.89 Å². The van der Waals surface area contributed by atoms with Gasteiger partial charge in [-0.25, -0.2) is 4.39 Å². The topological polar surface area (TPSA) is 91.9 Å². The average molecular weight is 521 g/mol. The molecule has 0 saturated carbocycles. The molecule has 1 aromatic carbocycles. The van der Waals surface area contributed by atoms with E-state index in [1.54, 1.807) is 16.7 Å². The molecule has 2 aliphatic heterocycles. The predicted molar refractivity (Wildman–Crippen MR) is 121 cm³/mol. The third-order valence-electron chi connectivity index (χ3n) is 6.45. The van der Waals surface area contributed by atoms with Crippen molar-refractivity contribution in [2.75, 3.05) is 44.3 Å². The molecule has 3 heterocycles. The number of hydrogen-bond acceptors (Lipinski definition) is 8. The second-order valence-corrected chi connectivity index (χ2v) is 11.7. The third-order valence-corrected chi connectivity index (χ3v) is 8.30. The Morgan fingerprint density at radius 2 is 1.94 bits per heavy atom. The number of ether oxygens (including phenoxy) is 1.